The highest BCUT2D eigenvalue weighted by molar-refractivity contribution is 7.92. The van der Waals surface area contributed by atoms with Crippen LogP contribution in [0.5, 0.6) is 0 Å². The van der Waals surface area contributed by atoms with Gasteiger partial charge in [0.05, 0.1) is 17.1 Å². The van der Waals surface area contributed by atoms with E-state index in [1.165, 1.54) is 32.1 Å². The third-order valence-corrected chi connectivity index (χ3v) is 13.9. The lowest BCUT2D eigenvalue weighted by atomic mass is 9.47. The van der Waals surface area contributed by atoms with Crippen molar-refractivity contribution in [2.75, 3.05) is 18.8 Å². The molecule has 5 aliphatic rings. The van der Waals surface area contributed by atoms with E-state index >= 15 is 0 Å². The third-order valence-electron chi connectivity index (χ3n) is 11.7. The van der Waals surface area contributed by atoms with E-state index in [0.717, 1.165) is 43.4 Å². The van der Waals surface area contributed by atoms with Crippen LogP contribution in [-0.2, 0) is 14.6 Å². The van der Waals surface area contributed by atoms with Gasteiger partial charge in [-0.15, -0.1) is 0 Å². The zero-order valence-corrected chi connectivity index (χ0v) is 23.2. The van der Waals surface area contributed by atoms with Gasteiger partial charge < -0.3 is 10.0 Å². The van der Waals surface area contributed by atoms with Crippen molar-refractivity contribution in [3.8, 4) is 0 Å². The minimum atomic E-state index is -3.03. The van der Waals surface area contributed by atoms with Crippen LogP contribution in [0.3, 0.4) is 0 Å². The van der Waals surface area contributed by atoms with Crippen molar-refractivity contribution in [3.05, 3.63) is 11.6 Å². The summed E-state index contributed by atoms with van der Waals surface area (Å²) in [5, 5.41) is 9.82. The van der Waals surface area contributed by atoms with Crippen LogP contribution in [0, 0.1) is 40.4 Å². The number of fused-ring (bicyclic) bond motifs is 5. The summed E-state index contributed by atoms with van der Waals surface area (Å²) in [6, 6.07) is 0. The Labute approximate surface area is 213 Å². The van der Waals surface area contributed by atoms with Crippen LogP contribution in [0.25, 0.3) is 0 Å². The minimum absolute atomic E-state index is 0.106. The van der Waals surface area contributed by atoms with E-state index < -0.39 is 15.1 Å². The molecule has 1 N–H and O–H groups in total. The first kappa shape index (κ1) is 25.8. The SMILES string of the molecule is CC1CN(C(=O)CC[C@@H](C)[C@H]2CC[C@H]3[C@@H]4CC=C5C[C@@H](O)CC[C@]5(C)[C@H]4CC[C@]23C)CCS1(=O)=O. The van der Waals surface area contributed by atoms with Gasteiger partial charge in [0.1, 0.15) is 0 Å². The van der Waals surface area contributed by atoms with Crippen molar-refractivity contribution >= 4 is 15.7 Å². The predicted octanol–water partition coefficient (Wildman–Crippen LogP) is 4.99. The highest BCUT2D eigenvalue weighted by Gasteiger charge is 2.59. The maximum absolute atomic E-state index is 12.9. The Morgan fingerprint density at radius 3 is 2.69 bits per heavy atom. The first-order valence-corrected chi connectivity index (χ1v) is 16.0. The van der Waals surface area contributed by atoms with Crippen LogP contribution in [0.4, 0.5) is 0 Å². The molecule has 0 aromatic heterocycles. The molecule has 3 saturated carbocycles. The molecule has 1 aliphatic heterocycles. The smallest absolute Gasteiger partial charge is 0.222 e. The molecule has 5 rings (SSSR count). The zero-order valence-electron chi connectivity index (χ0n) is 22.3. The van der Waals surface area contributed by atoms with Gasteiger partial charge in [0.15, 0.2) is 9.84 Å². The molecule has 0 radical (unpaired) electrons. The fourth-order valence-corrected chi connectivity index (χ4v) is 10.8. The number of rotatable bonds is 4. The van der Waals surface area contributed by atoms with Gasteiger partial charge in [-0.2, -0.15) is 0 Å². The molecular weight excluding hydrogens is 458 g/mol. The van der Waals surface area contributed by atoms with Crippen molar-refractivity contribution in [2.24, 2.45) is 40.4 Å². The van der Waals surface area contributed by atoms with Crippen LogP contribution in [0.15, 0.2) is 11.6 Å². The highest BCUT2D eigenvalue weighted by Crippen LogP contribution is 2.67. The zero-order chi connectivity index (χ0) is 25.2. The molecule has 1 amide bonds. The van der Waals surface area contributed by atoms with Crippen molar-refractivity contribution in [3.63, 3.8) is 0 Å². The van der Waals surface area contributed by atoms with Crippen LogP contribution >= 0.6 is 0 Å². The van der Waals surface area contributed by atoms with Crippen molar-refractivity contribution in [1.29, 1.82) is 0 Å². The van der Waals surface area contributed by atoms with E-state index in [2.05, 4.69) is 26.8 Å². The number of sulfone groups is 1. The minimum Gasteiger partial charge on any atom is -0.393 e. The second-order valence-corrected chi connectivity index (χ2v) is 16.0. The maximum Gasteiger partial charge on any atom is 0.222 e. The molecule has 1 saturated heterocycles. The maximum atomic E-state index is 12.9. The molecule has 198 valence electrons. The van der Waals surface area contributed by atoms with Crippen LogP contribution in [0.2, 0.25) is 0 Å². The first-order valence-electron chi connectivity index (χ1n) is 14.3. The van der Waals surface area contributed by atoms with Gasteiger partial charge in [-0.3, -0.25) is 4.79 Å². The Balaban J connectivity index is 1.22. The van der Waals surface area contributed by atoms with Crippen LogP contribution in [0.1, 0.15) is 91.9 Å². The summed E-state index contributed by atoms with van der Waals surface area (Å²) in [5.41, 5.74) is 2.20. The Bertz CT molecular complexity index is 975. The summed E-state index contributed by atoms with van der Waals surface area (Å²) in [6.45, 7) is 9.87. The standard InChI is InChI=1S/C29H47NO4S/c1-19(5-10-27(32)30-15-16-35(33,34)20(2)18-30)24-8-9-25-23-7-6-21-17-22(31)11-13-28(21,3)26(23)12-14-29(24,25)4/h6,19-20,22-26,31H,5,7-18H2,1-4H3/t19-,20?,22+,23+,24-,25+,26+,28+,29-/m1/s1. The van der Waals surface area contributed by atoms with E-state index in [9.17, 15) is 18.3 Å². The topological polar surface area (TPSA) is 74.7 Å². The van der Waals surface area contributed by atoms with Crippen molar-refractivity contribution < 1.29 is 18.3 Å². The summed E-state index contributed by atoms with van der Waals surface area (Å²) < 4.78 is 24.0. The molecule has 0 spiro atoms. The molecule has 1 heterocycles. The molecule has 0 aromatic carbocycles. The quantitative estimate of drug-likeness (QED) is 0.547. The molecule has 4 fully saturated rings. The van der Waals surface area contributed by atoms with E-state index in [0.29, 0.717) is 42.2 Å². The van der Waals surface area contributed by atoms with Gasteiger partial charge in [-0.25, -0.2) is 8.42 Å². The average molecular weight is 506 g/mol. The number of aliphatic hydroxyl groups is 1. The van der Waals surface area contributed by atoms with E-state index in [-0.39, 0.29) is 17.8 Å². The molecule has 4 aliphatic carbocycles. The van der Waals surface area contributed by atoms with Crippen LogP contribution in [-0.4, -0.2) is 54.5 Å². The number of nitrogens with zero attached hydrogens (tertiary/aromatic N) is 1. The molecule has 6 heteroatoms. The van der Waals surface area contributed by atoms with Gasteiger partial charge in [-0.1, -0.05) is 32.4 Å². The Hall–Kier alpha value is -0.880. The molecule has 1 unspecified atom stereocenters. The second kappa shape index (κ2) is 9.15. The van der Waals surface area contributed by atoms with Crippen molar-refractivity contribution in [2.45, 2.75) is 103 Å². The molecular formula is C29H47NO4S. The van der Waals surface area contributed by atoms with Gasteiger partial charge in [0.25, 0.3) is 0 Å². The lowest BCUT2D eigenvalue weighted by Gasteiger charge is -2.58. The van der Waals surface area contributed by atoms with Gasteiger partial charge in [0.2, 0.25) is 5.91 Å². The fraction of sp³-hybridized carbons (Fsp3) is 0.897. The van der Waals surface area contributed by atoms with Gasteiger partial charge >= 0.3 is 0 Å². The summed E-state index contributed by atoms with van der Waals surface area (Å²) >= 11 is 0. The number of aliphatic hydroxyl groups excluding tert-OH is 1. The monoisotopic (exact) mass is 505 g/mol. The largest absolute Gasteiger partial charge is 0.393 e. The normalized spacial score (nSPS) is 45.6. The Kier molecular flexibility index (Phi) is 6.73. The summed E-state index contributed by atoms with van der Waals surface area (Å²) in [6.07, 6.45) is 13.2. The second-order valence-electron chi connectivity index (χ2n) is 13.4. The molecule has 9 atom stereocenters. The van der Waals surface area contributed by atoms with Crippen LogP contribution < -0.4 is 0 Å². The molecule has 5 nitrogen and oxygen atoms in total. The van der Waals surface area contributed by atoms with Crippen molar-refractivity contribution in [1.82, 2.24) is 4.90 Å². The summed E-state index contributed by atoms with van der Waals surface area (Å²) in [5.74, 6) is 3.75. The lowest BCUT2D eigenvalue weighted by Crippen LogP contribution is -2.51. The average Bonchev–Trinajstić information content (AvgIpc) is 3.17. The number of allylic oxidation sites excluding steroid dienone is 1. The van der Waals surface area contributed by atoms with Gasteiger partial charge in [0, 0.05) is 19.5 Å². The Morgan fingerprint density at radius 1 is 1.17 bits per heavy atom. The van der Waals surface area contributed by atoms with E-state index in [1.807, 2.05) is 0 Å². The lowest BCUT2D eigenvalue weighted by molar-refractivity contribution is -0.131. The summed E-state index contributed by atoms with van der Waals surface area (Å²) in [7, 11) is -3.03. The predicted molar refractivity (Wildman–Crippen MR) is 139 cm³/mol. The van der Waals surface area contributed by atoms with E-state index in [1.54, 1.807) is 17.4 Å². The number of carbonyl (C=O) groups is 1. The Morgan fingerprint density at radius 2 is 1.94 bits per heavy atom. The van der Waals surface area contributed by atoms with E-state index in [4.69, 9.17) is 0 Å². The summed E-state index contributed by atoms with van der Waals surface area (Å²) in [4.78, 5) is 14.7. The molecule has 35 heavy (non-hydrogen) atoms. The molecule has 0 bridgehead atoms. The fourth-order valence-electron chi connectivity index (χ4n) is 9.51. The highest BCUT2D eigenvalue weighted by atomic mass is 32.2. The number of carbonyl (C=O) groups excluding carboxylic acids is 1. The van der Waals surface area contributed by atoms with Gasteiger partial charge in [-0.05, 0) is 105 Å². The number of hydrogen-bond donors (Lipinski definition) is 1. The first-order chi connectivity index (χ1) is 16.5. The third kappa shape index (κ3) is 4.32. The number of amides is 1. The molecule has 0 aromatic rings. The number of hydrogen-bond acceptors (Lipinski definition) is 4.